The van der Waals surface area contributed by atoms with Gasteiger partial charge in [-0.25, -0.2) is 0 Å². The Bertz CT molecular complexity index is 849. The molecule has 1 aliphatic rings. The molecule has 0 aromatic heterocycles. The minimum atomic E-state index is -0.471. The van der Waals surface area contributed by atoms with Crippen LogP contribution in [0.15, 0.2) is 91.0 Å². The first-order valence-corrected chi connectivity index (χ1v) is 7.88. The van der Waals surface area contributed by atoms with E-state index in [1.54, 1.807) is 0 Å². The third-order valence-corrected chi connectivity index (χ3v) is 4.35. The summed E-state index contributed by atoms with van der Waals surface area (Å²) in [5.74, 6) is 0.931. The highest BCUT2D eigenvalue weighted by molar-refractivity contribution is 5.84. The van der Waals surface area contributed by atoms with E-state index in [0.717, 1.165) is 16.9 Å². The Labute approximate surface area is 136 Å². The largest absolute Gasteiger partial charge is 0.478 e. The van der Waals surface area contributed by atoms with Crippen LogP contribution in [0, 0.1) is 0 Å². The third kappa shape index (κ3) is 2.44. The quantitative estimate of drug-likeness (QED) is 0.613. The standard InChI is InChI=1S/C22H18O/c1-22(18-12-6-3-7-13-18)16-20(17-10-4-2-5-11-17)19-14-8-9-15-21(19)23-22/h2-16H,1H3. The molecule has 0 radical (unpaired) electrons. The van der Waals surface area contributed by atoms with E-state index in [0.29, 0.717) is 0 Å². The molecule has 0 aliphatic carbocycles. The molecule has 0 bridgehead atoms. The molecule has 1 aliphatic heterocycles. The lowest BCUT2D eigenvalue weighted by atomic mass is 9.85. The fourth-order valence-electron chi connectivity index (χ4n) is 3.16. The first kappa shape index (κ1) is 13.8. The monoisotopic (exact) mass is 298 g/mol. The summed E-state index contributed by atoms with van der Waals surface area (Å²) in [5, 5.41) is 0. The normalized spacial score (nSPS) is 19.4. The average molecular weight is 298 g/mol. The summed E-state index contributed by atoms with van der Waals surface area (Å²) in [6.07, 6.45) is 2.24. The van der Waals surface area contributed by atoms with E-state index in [4.69, 9.17) is 4.74 Å². The number of ether oxygens (including phenoxy) is 1. The molecule has 1 unspecified atom stereocenters. The van der Waals surface area contributed by atoms with Crippen LogP contribution in [0.25, 0.3) is 5.57 Å². The van der Waals surface area contributed by atoms with Gasteiger partial charge in [0.05, 0.1) is 0 Å². The van der Waals surface area contributed by atoms with E-state index in [-0.39, 0.29) is 0 Å². The Balaban J connectivity index is 1.93. The van der Waals surface area contributed by atoms with E-state index in [9.17, 15) is 0 Å². The van der Waals surface area contributed by atoms with Gasteiger partial charge in [0.1, 0.15) is 5.75 Å². The number of rotatable bonds is 2. The highest BCUT2D eigenvalue weighted by Crippen LogP contribution is 2.43. The topological polar surface area (TPSA) is 9.23 Å². The molecule has 1 heteroatoms. The molecular weight excluding hydrogens is 280 g/mol. The molecule has 0 fully saturated rings. The van der Waals surface area contributed by atoms with Gasteiger partial charge in [-0.3, -0.25) is 0 Å². The highest BCUT2D eigenvalue weighted by Gasteiger charge is 2.32. The Kier molecular flexibility index (Phi) is 3.27. The molecule has 0 saturated carbocycles. The maximum atomic E-state index is 6.38. The Morgan fingerprint density at radius 3 is 2.04 bits per heavy atom. The molecule has 1 heterocycles. The van der Waals surface area contributed by atoms with Crippen LogP contribution in [0.2, 0.25) is 0 Å². The summed E-state index contributed by atoms with van der Waals surface area (Å²) in [7, 11) is 0. The van der Waals surface area contributed by atoms with E-state index >= 15 is 0 Å². The van der Waals surface area contributed by atoms with Crippen molar-refractivity contribution in [2.24, 2.45) is 0 Å². The minimum absolute atomic E-state index is 0.471. The van der Waals surface area contributed by atoms with Crippen LogP contribution in [0.5, 0.6) is 5.75 Å². The van der Waals surface area contributed by atoms with Crippen LogP contribution in [0.4, 0.5) is 0 Å². The van der Waals surface area contributed by atoms with Crippen molar-refractivity contribution >= 4 is 5.57 Å². The number of hydrogen-bond acceptors (Lipinski definition) is 1. The number of benzene rings is 3. The molecule has 3 aromatic carbocycles. The van der Waals surface area contributed by atoms with Crippen molar-refractivity contribution in [3.63, 3.8) is 0 Å². The van der Waals surface area contributed by atoms with Crippen LogP contribution < -0.4 is 4.74 Å². The van der Waals surface area contributed by atoms with Crippen LogP contribution >= 0.6 is 0 Å². The Hall–Kier alpha value is -2.80. The zero-order valence-electron chi connectivity index (χ0n) is 13.1. The zero-order valence-corrected chi connectivity index (χ0v) is 13.1. The molecule has 0 N–H and O–H groups in total. The number of hydrogen-bond donors (Lipinski definition) is 0. The molecular formula is C22H18O. The van der Waals surface area contributed by atoms with E-state index in [1.165, 1.54) is 11.1 Å². The summed E-state index contributed by atoms with van der Waals surface area (Å²) in [6, 6.07) is 29.1. The van der Waals surface area contributed by atoms with Gasteiger partial charge in [0, 0.05) is 5.56 Å². The fourth-order valence-corrected chi connectivity index (χ4v) is 3.16. The molecule has 0 saturated heterocycles. The highest BCUT2D eigenvalue weighted by atomic mass is 16.5. The molecule has 3 aromatic rings. The van der Waals surface area contributed by atoms with Gasteiger partial charge < -0.3 is 4.74 Å². The maximum Gasteiger partial charge on any atom is 0.150 e. The second kappa shape index (κ2) is 5.44. The van der Waals surface area contributed by atoms with Crippen molar-refractivity contribution in [3.8, 4) is 5.75 Å². The number of para-hydroxylation sites is 1. The summed E-state index contributed by atoms with van der Waals surface area (Å²) in [6.45, 7) is 2.13. The van der Waals surface area contributed by atoms with Gasteiger partial charge in [-0.15, -0.1) is 0 Å². The van der Waals surface area contributed by atoms with Gasteiger partial charge >= 0.3 is 0 Å². The SMILES string of the molecule is CC1(c2ccccc2)C=C(c2ccccc2)c2ccccc2O1. The van der Waals surface area contributed by atoms with Crippen molar-refractivity contribution in [1.82, 2.24) is 0 Å². The Morgan fingerprint density at radius 1 is 0.696 bits per heavy atom. The molecule has 4 rings (SSSR count). The number of fused-ring (bicyclic) bond motifs is 1. The summed E-state index contributed by atoms with van der Waals surface area (Å²) >= 11 is 0. The van der Waals surface area contributed by atoms with Gasteiger partial charge in [-0.05, 0) is 35.8 Å². The smallest absolute Gasteiger partial charge is 0.150 e. The minimum Gasteiger partial charge on any atom is -0.478 e. The fraction of sp³-hybridized carbons (Fsp3) is 0.0909. The van der Waals surface area contributed by atoms with Crippen molar-refractivity contribution in [1.29, 1.82) is 0 Å². The van der Waals surface area contributed by atoms with Gasteiger partial charge in [-0.1, -0.05) is 78.9 Å². The summed E-state index contributed by atoms with van der Waals surface area (Å²) in [4.78, 5) is 0. The van der Waals surface area contributed by atoms with Crippen molar-refractivity contribution in [2.75, 3.05) is 0 Å². The van der Waals surface area contributed by atoms with Crippen LogP contribution in [-0.4, -0.2) is 0 Å². The first-order chi connectivity index (χ1) is 11.3. The van der Waals surface area contributed by atoms with Crippen molar-refractivity contribution in [2.45, 2.75) is 12.5 Å². The van der Waals surface area contributed by atoms with E-state index in [1.807, 2.05) is 24.3 Å². The molecule has 0 spiro atoms. The van der Waals surface area contributed by atoms with Crippen LogP contribution in [0.1, 0.15) is 23.6 Å². The van der Waals surface area contributed by atoms with Crippen molar-refractivity contribution in [3.05, 3.63) is 108 Å². The van der Waals surface area contributed by atoms with E-state index in [2.05, 4.69) is 73.7 Å². The summed E-state index contributed by atoms with van der Waals surface area (Å²) in [5.41, 5.74) is 4.26. The Morgan fingerprint density at radius 2 is 1.30 bits per heavy atom. The second-order valence-corrected chi connectivity index (χ2v) is 6.00. The van der Waals surface area contributed by atoms with Crippen LogP contribution in [-0.2, 0) is 5.60 Å². The van der Waals surface area contributed by atoms with Crippen LogP contribution in [0.3, 0.4) is 0 Å². The lowest BCUT2D eigenvalue weighted by Gasteiger charge is -2.34. The third-order valence-electron chi connectivity index (χ3n) is 4.35. The first-order valence-electron chi connectivity index (χ1n) is 7.88. The predicted octanol–water partition coefficient (Wildman–Crippen LogP) is 5.43. The van der Waals surface area contributed by atoms with Gasteiger partial charge in [0.25, 0.3) is 0 Å². The zero-order chi connectivity index (χ0) is 15.7. The molecule has 1 nitrogen and oxygen atoms in total. The maximum absolute atomic E-state index is 6.38. The van der Waals surface area contributed by atoms with E-state index < -0.39 is 5.60 Å². The summed E-state index contributed by atoms with van der Waals surface area (Å²) < 4.78 is 6.38. The molecule has 1 atom stereocenters. The average Bonchev–Trinajstić information content (AvgIpc) is 2.62. The van der Waals surface area contributed by atoms with Gasteiger partial charge in [0.15, 0.2) is 5.60 Å². The van der Waals surface area contributed by atoms with Crippen molar-refractivity contribution < 1.29 is 4.74 Å². The predicted molar refractivity (Wildman–Crippen MR) is 94.4 cm³/mol. The lowest BCUT2D eigenvalue weighted by Crippen LogP contribution is -2.30. The molecule has 23 heavy (non-hydrogen) atoms. The molecule has 112 valence electrons. The lowest BCUT2D eigenvalue weighted by molar-refractivity contribution is 0.137. The van der Waals surface area contributed by atoms with Gasteiger partial charge in [-0.2, -0.15) is 0 Å². The second-order valence-electron chi connectivity index (χ2n) is 6.00. The molecule has 0 amide bonds. The van der Waals surface area contributed by atoms with Gasteiger partial charge in [0.2, 0.25) is 0 Å².